The highest BCUT2D eigenvalue weighted by Gasteiger charge is 2.46. The minimum absolute atomic E-state index is 0.117. The number of rotatable bonds is 3. The second-order valence-electron chi connectivity index (χ2n) is 8.14. The lowest BCUT2D eigenvalue weighted by Gasteiger charge is -2.49. The summed E-state index contributed by atoms with van der Waals surface area (Å²) < 4.78 is 12.6. The molecule has 1 aliphatic heterocycles. The first-order valence-electron chi connectivity index (χ1n) is 9.49. The van der Waals surface area contributed by atoms with Crippen molar-refractivity contribution >= 4 is 0 Å². The molecule has 2 aromatic rings. The minimum atomic E-state index is -0.195. The molecule has 2 unspecified atom stereocenters. The van der Waals surface area contributed by atoms with Crippen molar-refractivity contribution in [2.24, 2.45) is 0 Å². The van der Waals surface area contributed by atoms with Crippen LogP contribution in [0.15, 0.2) is 54.6 Å². The van der Waals surface area contributed by atoms with Crippen LogP contribution in [0.3, 0.4) is 0 Å². The minimum Gasteiger partial charge on any atom is -0.374 e. The lowest BCUT2D eigenvalue weighted by molar-refractivity contribution is -0.0932. The van der Waals surface area contributed by atoms with Crippen LogP contribution in [0.1, 0.15) is 56.2 Å². The van der Waals surface area contributed by atoms with Gasteiger partial charge >= 0.3 is 0 Å². The van der Waals surface area contributed by atoms with E-state index in [1.165, 1.54) is 29.5 Å². The molecule has 2 atom stereocenters. The topological polar surface area (TPSA) is 18.5 Å². The van der Waals surface area contributed by atoms with Crippen LogP contribution in [0, 0.1) is 0 Å². The molecule has 1 spiro atoms. The number of hydrogen-bond donors (Lipinski definition) is 0. The Labute approximate surface area is 151 Å². The molecule has 1 aliphatic carbocycles. The molecular formula is C23H28O2. The van der Waals surface area contributed by atoms with Crippen molar-refractivity contribution in [1.29, 1.82) is 0 Å². The van der Waals surface area contributed by atoms with Gasteiger partial charge in [0.1, 0.15) is 0 Å². The van der Waals surface area contributed by atoms with Gasteiger partial charge in [-0.05, 0) is 56.2 Å². The highest BCUT2D eigenvalue weighted by Crippen LogP contribution is 2.48. The van der Waals surface area contributed by atoms with E-state index in [0.29, 0.717) is 12.7 Å². The number of benzene rings is 2. The van der Waals surface area contributed by atoms with E-state index in [0.717, 1.165) is 19.4 Å². The summed E-state index contributed by atoms with van der Waals surface area (Å²) in [4.78, 5) is 0. The maximum Gasteiger partial charge on any atom is 0.0878 e. The molecule has 25 heavy (non-hydrogen) atoms. The zero-order chi connectivity index (χ0) is 17.3. The first kappa shape index (κ1) is 16.8. The molecule has 0 aromatic heterocycles. The molecule has 2 aromatic carbocycles. The maximum absolute atomic E-state index is 6.34. The first-order valence-corrected chi connectivity index (χ1v) is 9.49. The van der Waals surface area contributed by atoms with Crippen molar-refractivity contribution in [2.75, 3.05) is 6.61 Å². The molecule has 4 rings (SSSR count). The Balaban J connectivity index is 1.54. The normalized spacial score (nSPS) is 27.8. The van der Waals surface area contributed by atoms with Gasteiger partial charge in [-0.3, -0.25) is 0 Å². The molecule has 2 nitrogen and oxygen atoms in total. The van der Waals surface area contributed by atoms with Gasteiger partial charge in [0.25, 0.3) is 0 Å². The van der Waals surface area contributed by atoms with E-state index in [-0.39, 0.29) is 11.0 Å². The fourth-order valence-corrected chi connectivity index (χ4v) is 4.56. The van der Waals surface area contributed by atoms with E-state index in [2.05, 4.69) is 68.4 Å². The Kier molecular flexibility index (Phi) is 4.43. The van der Waals surface area contributed by atoms with Gasteiger partial charge < -0.3 is 9.47 Å². The molecule has 1 fully saturated rings. The van der Waals surface area contributed by atoms with Crippen LogP contribution >= 0.6 is 0 Å². The summed E-state index contributed by atoms with van der Waals surface area (Å²) in [7, 11) is 0. The van der Waals surface area contributed by atoms with Crippen LogP contribution in [0.4, 0.5) is 0 Å². The van der Waals surface area contributed by atoms with Crippen LogP contribution in [0.5, 0.6) is 0 Å². The van der Waals surface area contributed by atoms with Crippen LogP contribution < -0.4 is 0 Å². The van der Waals surface area contributed by atoms with Crippen LogP contribution in [0.25, 0.3) is 0 Å². The maximum atomic E-state index is 6.34. The van der Waals surface area contributed by atoms with Gasteiger partial charge in [0.05, 0.1) is 24.9 Å². The zero-order valence-corrected chi connectivity index (χ0v) is 15.3. The zero-order valence-electron chi connectivity index (χ0n) is 15.3. The first-order chi connectivity index (χ1) is 12.1. The van der Waals surface area contributed by atoms with Crippen molar-refractivity contribution < 1.29 is 9.47 Å². The SMILES string of the molecule is CC1(C)OCC2(CCCC(OCc3ccccc3)C2)c2ccccc21. The number of hydrogen-bond acceptors (Lipinski definition) is 2. The second kappa shape index (κ2) is 6.59. The molecule has 0 radical (unpaired) electrons. The average Bonchev–Trinajstić information content (AvgIpc) is 2.65. The van der Waals surface area contributed by atoms with Crippen molar-refractivity contribution in [3.8, 4) is 0 Å². The molecule has 0 N–H and O–H groups in total. The molecule has 0 amide bonds. The quantitative estimate of drug-likeness (QED) is 0.752. The van der Waals surface area contributed by atoms with E-state index in [9.17, 15) is 0 Å². The lowest BCUT2D eigenvalue weighted by Crippen LogP contribution is -2.47. The lowest BCUT2D eigenvalue weighted by atomic mass is 9.65. The van der Waals surface area contributed by atoms with Crippen LogP contribution in [0.2, 0.25) is 0 Å². The van der Waals surface area contributed by atoms with Crippen molar-refractivity contribution in [3.05, 3.63) is 71.3 Å². The van der Waals surface area contributed by atoms with Crippen molar-refractivity contribution in [3.63, 3.8) is 0 Å². The van der Waals surface area contributed by atoms with Gasteiger partial charge in [-0.2, -0.15) is 0 Å². The van der Waals surface area contributed by atoms with Gasteiger partial charge in [0.2, 0.25) is 0 Å². The highest BCUT2D eigenvalue weighted by molar-refractivity contribution is 5.40. The van der Waals surface area contributed by atoms with Crippen LogP contribution in [-0.2, 0) is 27.1 Å². The third-order valence-corrected chi connectivity index (χ3v) is 5.98. The summed E-state index contributed by atoms with van der Waals surface area (Å²) >= 11 is 0. The van der Waals surface area contributed by atoms with Crippen LogP contribution in [-0.4, -0.2) is 12.7 Å². The second-order valence-corrected chi connectivity index (χ2v) is 8.14. The van der Waals surface area contributed by atoms with E-state index >= 15 is 0 Å². The number of fused-ring (bicyclic) bond motifs is 2. The molecule has 2 aliphatic rings. The molecule has 2 heteroatoms. The highest BCUT2D eigenvalue weighted by atomic mass is 16.5. The van der Waals surface area contributed by atoms with E-state index in [4.69, 9.17) is 9.47 Å². The fourth-order valence-electron chi connectivity index (χ4n) is 4.56. The third kappa shape index (κ3) is 3.26. The molecule has 0 bridgehead atoms. The molecule has 1 saturated carbocycles. The predicted molar refractivity (Wildman–Crippen MR) is 101 cm³/mol. The van der Waals surface area contributed by atoms with Crippen molar-refractivity contribution in [2.45, 2.75) is 63.3 Å². The number of ether oxygens (including phenoxy) is 2. The van der Waals surface area contributed by atoms with Gasteiger partial charge in [0.15, 0.2) is 0 Å². The third-order valence-electron chi connectivity index (χ3n) is 5.98. The average molecular weight is 336 g/mol. The van der Waals surface area contributed by atoms with Gasteiger partial charge in [-0.1, -0.05) is 54.6 Å². The Morgan fingerprint density at radius 3 is 2.52 bits per heavy atom. The monoisotopic (exact) mass is 336 g/mol. The molecule has 1 heterocycles. The van der Waals surface area contributed by atoms with Gasteiger partial charge in [-0.25, -0.2) is 0 Å². The summed E-state index contributed by atoms with van der Waals surface area (Å²) in [5.41, 5.74) is 4.01. The largest absolute Gasteiger partial charge is 0.374 e. The Hall–Kier alpha value is -1.64. The summed E-state index contributed by atoms with van der Waals surface area (Å²) in [5.74, 6) is 0. The molecule has 132 valence electrons. The fraction of sp³-hybridized carbons (Fsp3) is 0.478. The van der Waals surface area contributed by atoms with E-state index in [1.807, 2.05) is 0 Å². The Morgan fingerprint density at radius 1 is 1.00 bits per heavy atom. The van der Waals surface area contributed by atoms with Gasteiger partial charge in [0, 0.05) is 5.41 Å². The summed E-state index contributed by atoms with van der Waals surface area (Å²) in [5, 5.41) is 0. The van der Waals surface area contributed by atoms with Crippen molar-refractivity contribution in [1.82, 2.24) is 0 Å². The standard InChI is InChI=1S/C23H28O2/c1-22(2)20-12-6-7-13-21(20)23(17-25-22)14-8-11-19(15-23)24-16-18-9-4-3-5-10-18/h3-7,9-10,12-13,19H,8,11,14-17H2,1-2H3. The predicted octanol–water partition coefficient (Wildman–Crippen LogP) is 5.35. The molecular weight excluding hydrogens is 308 g/mol. The summed E-state index contributed by atoms with van der Waals surface area (Å²) in [6.45, 7) is 5.88. The summed E-state index contributed by atoms with van der Waals surface area (Å²) in [6, 6.07) is 19.4. The Bertz CT molecular complexity index is 722. The van der Waals surface area contributed by atoms with E-state index in [1.54, 1.807) is 0 Å². The molecule has 0 saturated heterocycles. The summed E-state index contributed by atoms with van der Waals surface area (Å²) in [6.07, 6.45) is 4.93. The Morgan fingerprint density at radius 2 is 1.72 bits per heavy atom. The smallest absolute Gasteiger partial charge is 0.0878 e. The van der Waals surface area contributed by atoms with E-state index < -0.39 is 0 Å². The van der Waals surface area contributed by atoms with Gasteiger partial charge in [-0.15, -0.1) is 0 Å².